The Morgan fingerprint density at radius 1 is 1.39 bits per heavy atom. The largest absolute Gasteiger partial charge is 0.385 e. The minimum absolute atomic E-state index is 0.325. The highest BCUT2D eigenvalue weighted by Gasteiger charge is 2.01. The maximum atomic E-state index is 11.3. The van der Waals surface area contributed by atoms with Crippen LogP contribution in [-0.2, 0) is 4.74 Å². The molecule has 18 heavy (non-hydrogen) atoms. The molecule has 0 bridgehead atoms. The summed E-state index contributed by atoms with van der Waals surface area (Å²) in [4.78, 5) is 11.3. The van der Waals surface area contributed by atoms with Gasteiger partial charge in [0.05, 0.1) is 0 Å². The van der Waals surface area contributed by atoms with Crippen molar-refractivity contribution in [3.8, 4) is 0 Å². The van der Waals surface area contributed by atoms with Crippen LogP contribution in [0, 0.1) is 0 Å². The normalized spacial score (nSPS) is 10.9. The van der Waals surface area contributed by atoms with Gasteiger partial charge < -0.3 is 10.1 Å². The van der Waals surface area contributed by atoms with E-state index in [0.717, 1.165) is 32.4 Å². The molecule has 0 amide bonds. The Kier molecular flexibility index (Phi) is 4.30. The van der Waals surface area contributed by atoms with Crippen molar-refractivity contribution >= 4 is 11.5 Å². The number of rotatable bonds is 7. The third kappa shape index (κ3) is 3.07. The lowest BCUT2D eigenvalue weighted by molar-refractivity contribution is 0.192. The van der Waals surface area contributed by atoms with Gasteiger partial charge in [-0.05, 0) is 31.4 Å². The first-order valence-electron chi connectivity index (χ1n) is 5.98. The van der Waals surface area contributed by atoms with Crippen molar-refractivity contribution in [2.45, 2.75) is 19.3 Å². The summed E-state index contributed by atoms with van der Waals surface area (Å²) in [6, 6.07) is 3.56. The summed E-state index contributed by atoms with van der Waals surface area (Å²) in [5, 5.41) is 13.5. The second-order valence-corrected chi connectivity index (χ2v) is 4.00. The quantitative estimate of drug-likeness (QED) is 0.706. The van der Waals surface area contributed by atoms with Gasteiger partial charge in [-0.2, -0.15) is 9.61 Å². The van der Waals surface area contributed by atoms with E-state index in [4.69, 9.17) is 4.74 Å². The van der Waals surface area contributed by atoms with Gasteiger partial charge in [-0.1, -0.05) is 0 Å². The molecule has 2 aromatic heterocycles. The van der Waals surface area contributed by atoms with Crippen LogP contribution in [0.3, 0.4) is 0 Å². The summed E-state index contributed by atoms with van der Waals surface area (Å²) < 4.78 is 6.22. The van der Waals surface area contributed by atoms with Gasteiger partial charge in [0.25, 0.3) is 0 Å². The fourth-order valence-electron chi connectivity index (χ4n) is 1.66. The number of aromatic amines is 1. The number of nitrogens with one attached hydrogen (secondary N) is 2. The highest BCUT2D eigenvalue weighted by Crippen LogP contribution is 2.03. The molecule has 2 aromatic rings. The van der Waals surface area contributed by atoms with E-state index in [1.54, 1.807) is 13.2 Å². The van der Waals surface area contributed by atoms with Gasteiger partial charge in [0.1, 0.15) is 5.82 Å². The van der Waals surface area contributed by atoms with Crippen LogP contribution in [0.5, 0.6) is 0 Å². The minimum atomic E-state index is -0.325. The molecule has 0 aliphatic rings. The summed E-state index contributed by atoms with van der Waals surface area (Å²) in [7, 11) is 1.71. The summed E-state index contributed by atoms with van der Waals surface area (Å²) >= 11 is 0. The number of H-pyrrole nitrogens is 1. The molecular formula is C11H17N5O2. The third-order valence-corrected chi connectivity index (χ3v) is 2.60. The van der Waals surface area contributed by atoms with E-state index >= 15 is 0 Å². The molecular weight excluding hydrogens is 234 g/mol. The molecule has 0 aromatic carbocycles. The molecule has 7 nitrogen and oxygen atoms in total. The van der Waals surface area contributed by atoms with E-state index in [-0.39, 0.29) is 5.69 Å². The molecule has 0 saturated carbocycles. The first kappa shape index (κ1) is 12.6. The molecule has 98 valence electrons. The molecule has 2 rings (SSSR count). The minimum Gasteiger partial charge on any atom is -0.385 e. The molecule has 0 unspecified atom stereocenters. The van der Waals surface area contributed by atoms with Gasteiger partial charge in [0.15, 0.2) is 5.65 Å². The maximum absolute atomic E-state index is 11.3. The molecule has 0 saturated heterocycles. The highest BCUT2D eigenvalue weighted by molar-refractivity contribution is 5.42. The second-order valence-electron chi connectivity index (χ2n) is 4.00. The van der Waals surface area contributed by atoms with Gasteiger partial charge in [-0.15, -0.1) is 5.10 Å². The van der Waals surface area contributed by atoms with Crippen molar-refractivity contribution in [1.29, 1.82) is 0 Å². The first-order valence-corrected chi connectivity index (χ1v) is 5.98. The fourth-order valence-corrected chi connectivity index (χ4v) is 1.66. The Labute approximate surface area is 104 Å². The number of unbranched alkanes of at least 4 members (excludes halogenated alkanes) is 2. The Hall–Kier alpha value is -1.89. The number of methoxy groups -OCH3 is 1. The van der Waals surface area contributed by atoms with Gasteiger partial charge in [0.2, 0.25) is 0 Å². The Morgan fingerprint density at radius 3 is 3.11 bits per heavy atom. The van der Waals surface area contributed by atoms with E-state index in [2.05, 4.69) is 20.6 Å². The fraction of sp³-hybridized carbons (Fsp3) is 0.545. The first-order chi connectivity index (χ1) is 8.81. The molecule has 2 N–H and O–H groups in total. The van der Waals surface area contributed by atoms with Gasteiger partial charge >= 0.3 is 5.69 Å². The maximum Gasteiger partial charge on any atom is 0.364 e. The summed E-state index contributed by atoms with van der Waals surface area (Å²) in [5.74, 6) is 0.678. The third-order valence-electron chi connectivity index (χ3n) is 2.60. The van der Waals surface area contributed by atoms with E-state index in [1.165, 1.54) is 4.52 Å². The molecule has 0 spiro atoms. The molecule has 0 radical (unpaired) electrons. The van der Waals surface area contributed by atoms with Crippen molar-refractivity contribution in [3.63, 3.8) is 0 Å². The zero-order valence-corrected chi connectivity index (χ0v) is 10.3. The Morgan fingerprint density at radius 2 is 2.28 bits per heavy atom. The number of nitrogens with zero attached hydrogens (tertiary/aromatic N) is 3. The summed E-state index contributed by atoms with van der Waals surface area (Å²) in [5.41, 5.74) is 0.194. The number of aromatic nitrogens is 4. The van der Waals surface area contributed by atoms with Crippen molar-refractivity contribution in [2.75, 3.05) is 25.6 Å². The van der Waals surface area contributed by atoms with Crippen LogP contribution in [0.15, 0.2) is 16.9 Å². The Bertz CT molecular complexity index is 548. The highest BCUT2D eigenvalue weighted by atomic mass is 16.5. The molecule has 0 aliphatic heterocycles. The van der Waals surface area contributed by atoms with E-state index in [1.807, 2.05) is 6.07 Å². The van der Waals surface area contributed by atoms with E-state index in [9.17, 15) is 4.79 Å². The number of fused-ring (bicyclic) bond motifs is 1. The average molecular weight is 251 g/mol. The van der Waals surface area contributed by atoms with Crippen LogP contribution >= 0.6 is 0 Å². The van der Waals surface area contributed by atoms with Crippen LogP contribution in [0.2, 0.25) is 0 Å². The van der Waals surface area contributed by atoms with Crippen molar-refractivity contribution in [2.24, 2.45) is 0 Å². The van der Waals surface area contributed by atoms with Crippen molar-refractivity contribution < 1.29 is 4.74 Å². The lowest BCUT2D eigenvalue weighted by Crippen LogP contribution is -2.14. The molecule has 0 atom stereocenters. The number of anilines is 1. The standard InChI is InChI=1S/C11H17N5O2/c1-18-8-4-2-3-7-12-9-5-6-10-13-14-11(17)16(10)15-9/h5-6H,2-4,7-8H2,1H3,(H,12,15)(H,14,17). The summed E-state index contributed by atoms with van der Waals surface area (Å²) in [6.07, 6.45) is 3.21. The number of hydrogen-bond acceptors (Lipinski definition) is 5. The zero-order chi connectivity index (χ0) is 12.8. The van der Waals surface area contributed by atoms with Gasteiger partial charge in [-0.25, -0.2) is 9.89 Å². The second kappa shape index (κ2) is 6.15. The SMILES string of the molecule is COCCCCCNc1ccc2n[nH]c(=O)n2n1. The molecule has 7 heteroatoms. The lowest BCUT2D eigenvalue weighted by atomic mass is 10.2. The monoisotopic (exact) mass is 251 g/mol. The summed E-state index contributed by atoms with van der Waals surface area (Å²) in [6.45, 7) is 1.63. The van der Waals surface area contributed by atoms with E-state index < -0.39 is 0 Å². The van der Waals surface area contributed by atoms with Crippen LogP contribution < -0.4 is 11.0 Å². The van der Waals surface area contributed by atoms with Gasteiger partial charge in [-0.3, -0.25) is 0 Å². The molecule has 2 heterocycles. The number of hydrogen-bond donors (Lipinski definition) is 2. The predicted molar refractivity (Wildman–Crippen MR) is 67.8 cm³/mol. The van der Waals surface area contributed by atoms with Crippen molar-refractivity contribution in [1.82, 2.24) is 19.8 Å². The smallest absolute Gasteiger partial charge is 0.364 e. The zero-order valence-electron chi connectivity index (χ0n) is 10.3. The predicted octanol–water partition coefficient (Wildman–Crippen LogP) is 0.646. The van der Waals surface area contributed by atoms with Crippen LogP contribution in [-0.4, -0.2) is 40.1 Å². The lowest BCUT2D eigenvalue weighted by Gasteiger charge is -2.04. The topological polar surface area (TPSA) is 84.3 Å². The van der Waals surface area contributed by atoms with Crippen LogP contribution in [0.1, 0.15) is 19.3 Å². The molecule has 0 fully saturated rings. The Balaban J connectivity index is 1.84. The average Bonchev–Trinajstić information content (AvgIpc) is 2.75. The van der Waals surface area contributed by atoms with Gasteiger partial charge in [0, 0.05) is 20.3 Å². The van der Waals surface area contributed by atoms with Crippen LogP contribution in [0.4, 0.5) is 5.82 Å². The molecule has 0 aliphatic carbocycles. The van der Waals surface area contributed by atoms with E-state index in [0.29, 0.717) is 11.5 Å². The van der Waals surface area contributed by atoms with Crippen LogP contribution in [0.25, 0.3) is 5.65 Å². The number of ether oxygens (including phenoxy) is 1. The van der Waals surface area contributed by atoms with Crippen molar-refractivity contribution in [3.05, 3.63) is 22.6 Å².